The Hall–Kier alpha value is -0.450. The SMILES string of the molecule is CCNC1(c2nc(C(C)C)cs2)CCOC1. The first-order chi connectivity index (χ1) is 7.68. The van der Waals surface area contributed by atoms with Crippen LogP contribution in [0.2, 0.25) is 0 Å². The van der Waals surface area contributed by atoms with Crippen LogP contribution in [0.25, 0.3) is 0 Å². The summed E-state index contributed by atoms with van der Waals surface area (Å²) in [4.78, 5) is 4.76. The molecule has 0 aliphatic carbocycles. The molecule has 1 fully saturated rings. The lowest BCUT2D eigenvalue weighted by Crippen LogP contribution is -2.42. The van der Waals surface area contributed by atoms with E-state index in [9.17, 15) is 0 Å². The van der Waals surface area contributed by atoms with Gasteiger partial charge in [0.15, 0.2) is 0 Å². The molecule has 3 nitrogen and oxygen atoms in total. The van der Waals surface area contributed by atoms with Crippen molar-refractivity contribution in [3.63, 3.8) is 0 Å². The van der Waals surface area contributed by atoms with E-state index in [1.165, 1.54) is 10.7 Å². The van der Waals surface area contributed by atoms with E-state index in [0.717, 1.165) is 26.2 Å². The zero-order chi connectivity index (χ0) is 11.6. The largest absolute Gasteiger partial charge is 0.379 e. The quantitative estimate of drug-likeness (QED) is 0.878. The lowest BCUT2D eigenvalue weighted by molar-refractivity contribution is 0.167. The number of likely N-dealkylation sites (N-methyl/N-ethyl adjacent to an activating group) is 1. The Morgan fingerprint density at radius 1 is 1.62 bits per heavy atom. The minimum Gasteiger partial charge on any atom is -0.379 e. The molecule has 1 unspecified atom stereocenters. The highest BCUT2D eigenvalue weighted by Crippen LogP contribution is 2.33. The second-order valence-corrected chi connectivity index (χ2v) is 5.51. The second-order valence-electron chi connectivity index (χ2n) is 4.65. The van der Waals surface area contributed by atoms with Crippen molar-refractivity contribution in [2.75, 3.05) is 19.8 Å². The van der Waals surface area contributed by atoms with Crippen LogP contribution in [0.4, 0.5) is 0 Å². The minimum absolute atomic E-state index is 0.0213. The van der Waals surface area contributed by atoms with Crippen molar-refractivity contribution >= 4 is 11.3 Å². The summed E-state index contributed by atoms with van der Waals surface area (Å²) in [5.74, 6) is 0.506. The van der Waals surface area contributed by atoms with Crippen molar-refractivity contribution in [1.29, 1.82) is 0 Å². The number of hydrogen-bond donors (Lipinski definition) is 1. The molecule has 2 rings (SSSR count). The van der Waals surface area contributed by atoms with Crippen LogP contribution in [-0.4, -0.2) is 24.7 Å². The Morgan fingerprint density at radius 2 is 2.44 bits per heavy atom. The van der Waals surface area contributed by atoms with Crippen molar-refractivity contribution in [2.24, 2.45) is 0 Å². The summed E-state index contributed by atoms with van der Waals surface area (Å²) < 4.78 is 5.54. The molecule has 1 aromatic rings. The molecule has 1 aromatic heterocycles. The van der Waals surface area contributed by atoms with E-state index in [0.29, 0.717) is 5.92 Å². The van der Waals surface area contributed by atoms with E-state index >= 15 is 0 Å². The van der Waals surface area contributed by atoms with E-state index in [1.54, 1.807) is 11.3 Å². The highest BCUT2D eigenvalue weighted by Gasteiger charge is 2.38. The highest BCUT2D eigenvalue weighted by molar-refractivity contribution is 7.09. The van der Waals surface area contributed by atoms with Gasteiger partial charge >= 0.3 is 0 Å². The molecule has 4 heteroatoms. The predicted octanol–water partition coefficient (Wildman–Crippen LogP) is 2.49. The number of thiazole rings is 1. The van der Waals surface area contributed by atoms with Gasteiger partial charge in [-0.1, -0.05) is 20.8 Å². The van der Waals surface area contributed by atoms with Crippen LogP contribution in [-0.2, 0) is 10.3 Å². The van der Waals surface area contributed by atoms with Gasteiger partial charge in [-0.25, -0.2) is 4.98 Å². The van der Waals surface area contributed by atoms with Gasteiger partial charge in [-0.2, -0.15) is 0 Å². The van der Waals surface area contributed by atoms with Crippen LogP contribution in [0.15, 0.2) is 5.38 Å². The third-order valence-corrected chi connectivity index (χ3v) is 4.12. The molecule has 0 radical (unpaired) electrons. The fourth-order valence-corrected chi connectivity index (χ4v) is 3.23. The summed E-state index contributed by atoms with van der Waals surface area (Å²) in [7, 11) is 0. The second kappa shape index (κ2) is 4.82. The summed E-state index contributed by atoms with van der Waals surface area (Å²) in [6.45, 7) is 9.06. The van der Waals surface area contributed by atoms with Crippen molar-refractivity contribution in [2.45, 2.75) is 38.6 Å². The topological polar surface area (TPSA) is 34.2 Å². The van der Waals surface area contributed by atoms with E-state index < -0.39 is 0 Å². The van der Waals surface area contributed by atoms with Gasteiger partial charge in [-0.3, -0.25) is 0 Å². The summed E-state index contributed by atoms with van der Waals surface area (Å²) in [6, 6.07) is 0. The minimum atomic E-state index is -0.0213. The van der Waals surface area contributed by atoms with Gasteiger partial charge in [0.1, 0.15) is 5.01 Å². The smallest absolute Gasteiger partial charge is 0.115 e. The molecule has 0 saturated carbocycles. The number of nitrogens with one attached hydrogen (secondary N) is 1. The van der Waals surface area contributed by atoms with Gasteiger partial charge in [0.2, 0.25) is 0 Å². The number of aromatic nitrogens is 1. The molecule has 1 N–H and O–H groups in total. The summed E-state index contributed by atoms with van der Waals surface area (Å²) in [5, 5.41) is 6.92. The fraction of sp³-hybridized carbons (Fsp3) is 0.750. The Kier molecular flexibility index (Phi) is 3.62. The Bertz CT molecular complexity index is 343. The zero-order valence-electron chi connectivity index (χ0n) is 10.2. The molecule has 0 amide bonds. The number of hydrogen-bond acceptors (Lipinski definition) is 4. The van der Waals surface area contributed by atoms with Gasteiger partial charge in [0, 0.05) is 12.0 Å². The summed E-state index contributed by atoms with van der Waals surface area (Å²) in [6.07, 6.45) is 1.03. The molecule has 1 aliphatic heterocycles. The first-order valence-corrected chi connectivity index (χ1v) is 6.84. The highest BCUT2D eigenvalue weighted by atomic mass is 32.1. The molecule has 0 aromatic carbocycles. The molecule has 0 bridgehead atoms. The molecule has 90 valence electrons. The van der Waals surface area contributed by atoms with Crippen LogP contribution in [0.3, 0.4) is 0 Å². The standard InChI is InChI=1S/C12H20N2OS/c1-4-13-12(5-6-15-8-12)11-14-10(7-16-11)9(2)3/h7,9,13H,4-6,8H2,1-3H3. The maximum atomic E-state index is 5.54. The maximum absolute atomic E-state index is 5.54. The molecular formula is C12H20N2OS. The molecular weight excluding hydrogens is 220 g/mol. The van der Waals surface area contributed by atoms with Crippen molar-refractivity contribution in [1.82, 2.24) is 10.3 Å². The van der Waals surface area contributed by atoms with Crippen LogP contribution >= 0.6 is 11.3 Å². The van der Waals surface area contributed by atoms with E-state index in [-0.39, 0.29) is 5.54 Å². The van der Waals surface area contributed by atoms with Gasteiger partial charge in [-0.05, 0) is 18.9 Å². The molecule has 16 heavy (non-hydrogen) atoms. The number of rotatable bonds is 4. The van der Waals surface area contributed by atoms with E-state index in [1.807, 2.05) is 0 Å². The van der Waals surface area contributed by atoms with Crippen LogP contribution in [0, 0.1) is 0 Å². The van der Waals surface area contributed by atoms with Crippen molar-refractivity contribution in [3.05, 3.63) is 16.1 Å². The average molecular weight is 240 g/mol. The van der Waals surface area contributed by atoms with Gasteiger partial charge in [-0.15, -0.1) is 11.3 Å². The fourth-order valence-electron chi connectivity index (χ4n) is 2.06. The van der Waals surface area contributed by atoms with E-state index in [2.05, 4.69) is 31.5 Å². The van der Waals surface area contributed by atoms with Crippen LogP contribution in [0.1, 0.15) is 43.8 Å². The van der Waals surface area contributed by atoms with E-state index in [4.69, 9.17) is 9.72 Å². The van der Waals surface area contributed by atoms with Crippen molar-refractivity contribution < 1.29 is 4.74 Å². The van der Waals surface area contributed by atoms with Crippen molar-refractivity contribution in [3.8, 4) is 0 Å². The molecule has 1 saturated heterocycles. The lowest BCUT2D eigenvalue weighted by Gasteiger charge is -2.25. The van der Waals surface area contributed by atoms with Gasteiger partial charge in [0.25, 0.3) is 0 Å². The Balaban J connectivity index is 2.24. The number of ether oxygens (including phenoxy) is 1. The predicted molar refractivity (Wildman–Crippen MR) is 67.0 cm³/mol. The van der Waals surface area contributed by atoms with Crippen LogP contribution in [0.5, 0.6) is 0 Å². The lowest BCUT2D eigenvalue weighted by atomic mass is 9.99. The third-order valence-electron chi connectivity index (χ3n) is 3.06. The number of nitrogens with zero attached hydrogens (tertiary/aromatic N) is 1. The summed E-state index contributed by atoms with van der Waals surface area (Å²) in [5.41, 5.74) is 1.18. The first kappa shape index (κ1) is 12.0. The normalized spacial score (nSPS) is 25.5. The Morgan fingerprint density at radius 3 is 2.94 bits per heavy atom. The Labute approximate surface area is 101 Å². The average Bonchev–Trinajstić information content (AvgIpc) is 2.85. The van der Waals surface area contributed by atoms with Crippen LogP contribution < -0.4 is 5.32 Å². The maximum Gasteiger partial charge on any atom is 0.115 e. The molecule has 0 spiro atoms. The molecule has 1 aliphatic rings. The molecule has 2 heterocycles. The first-order valence-electron chi connectivity index (χ1n) is 5.96. The monoisotopic (exact) mass is 240 g/mol. The molecule has 1 atom stereocenters. The zero-order valence-corrected chi connectivity index (χ0v) is 11.1. The van der Waals surface area contributed by atoms with Gasteiger partial charge < -0.3 is 10.1 Å². The third kappa shape index (κ3) is 2.14. The van der Waals surface area contributed by atoms with Gasteiger partial charge in [0.05, 0.1) is 17.8 Å². The summed E-state index contributed by atoms with van der Waals surface area (Å²) >= 11 is 1.76.